The van der Waals surface area contributed by atoms with Gasteiger partial charge < -0.3 is 9.47 Å². The lowest BCUT2D eigenvalue weighted by Gasteiger charge is -2.02. The third-order valence-electron chi connectivity index (χ3n) is 2.49. The van der Waals surface area contributed by atoms with Crippen molar-refractivity contribution in [3.63, 3.8) is 0 Å². The number of hydrogen-bond donors (Lipinski definition) is 0. The average molecular weight is 328 g/mol. The molecule has 2 rings (SSSR count). The summed E-state index contributed by atoms with van der Waals surface area (Å²) >= 11 is 0. The van der Waals surface area contributed by atoms with E-state index in [9.17, 15) is 19.2 Å². The van der Waals surface area contributed by atoms with Crippen molar-refractivity contribution in [3.05, 3.63) is 71.8 Å². The molecule has 0 aliphatic heterocycles. The van der Waals surface area contributed by atoms with Crippen LogP contribution in [0, 0.1) is 0 Å². The van der Waals surface area contributed by atoms with E-state index in [0.29, 0.717) is 11.1 Å². The number of hydrogen-bond acceptors (Lipinski definition) is 6. The van der Waals surface area contributed by atoms with Crippen LogP contribution >= 0.6 is 0 Å². The van der Waals surface area contributed by atoms with Crippen molar-refractivity contribution >= 4 is 23.9 Å². The molecule has 6 nitrogen and oxygen atoms in total. The largest absolute Gasteiger partial charge is 0.394 e. The van der Waals surface area contributed by atoms with Gasteiger partial charge in [0.1, 0.15) is 0 Å². The van der Waals surface area contributed by atoms with E-state index in [0.717, 1.165) is 0 Å². The van der Waals surface area contributed by atoms with E-state index >= 15 is 0 Å². The number of rotatable bonds is 2. The summed E-state index contributed by atoms with van der Waals surface area (Å²) in [7, 11) is 0. The highest BCUT2D eigenvalue weighted by Gasteiger charge is 2.13. The van der Waals surface area contributed by atoms with Gasteiger partial charge in [-0.25, -0.2) is 9.59 Å². The predicted octanol–water partition coefficient (Wildman–Crippen LogP) is 2.78. The minimum atomic E-state index is -0.639. The molecule has 2 aromatic carbocycles. The molecule has 0 radical (unpaired) electrons. The zero-order chi connectivity index (χ0) is 17.9. The van der Waals surface area contributed by atoms with Crippen molar-refractivity contribution < 1.29 is 28.7 Å². The second-order valence-electron chi connectivity index (χ2n) is 4.49. The van der Waals surface area contributed by atoms with Crippen LogP contribution in [0.1, 0.15) is 34.6 Å². The summed E-state index contributed by atoms with van der Waals surface area (Å²) in [5.41, 5.74) is 0.716. The second kappa shape index (κ2) is 9.68. The SMILES string of the molecule is CC(=O)OC(C)=O.O=C(OC(=O)c1ccccc1)c1ccccc1. The van der Waals surface area contributed by atoms with E-state index in [4.69, 9.17) is 4.74 Å². The van der Waals surface area contributed by atoms with Gasteiger partial charge in [-0.15, -0.1) is 0 Å². The summed E-state index contributed by atoms with van der Waals surface area (Å²) in [4.78, 5) is 42.8. The zero-order valence-electron chi connectivity index (χ0n) is 13.2. The lowest BCUT2D eigenvalue weighted by molar-refractivity contribution is -0.156. The van der Waals surface area contributed by atoms with Crippen LogP contribution in [0.3, 0.4) is 0 Å². The Kier molecular flexibility index (Phi) is 7.57. The van der Waals surface area contributed by atoms with Gasteiger partial charge in [0.05, 0.1) is 11.1 Å². The van der Waals surface area contributed by atoms with E-state index in [-0.39, 0.29) is 0 Å². The Hall–Kier alpha value is -3.28. The minimum absolute atomic E-state index is 0.358. The molecule has 124 valence electrons. The molecule has 0 aliphatic carbocycles. The molecule has 0 bridgehead atoms. The molecule has 0 N–H and O–H groups in total. The van der Waals surface area contributed by atoms with Gasteiger partial charge in [0.25, 0.3) is 0 Å². The van der Waals surface area contributed by atoms with Gasteiger partial charge in [0, 0.05) is 13.8 Å². The lowest BCUT2D eigenvalue weighted by Crippen LogP contribution is -2.12. The molecular formula is C18H16O6. The third kappa shape index (κ3) is 7.13. The van der Waals surface area contributed by atoms with Crippen molar-refractivity contribution in [1.29, 1.82) is 0 Å². The molecule has 0 heterocycles. The Balaban J connectivity index is 0.000000351. The maximum Gasteiger partial charge on any atom is 0.346 e. The van der Waals surface area contributed by atoms with Crippen LogP contribution in [0.15, 0.2) is 60.7 Å². The van der Waals surface area contributed by atoms with Gasteiger partial charge >= 0.3 is 23.9 Å². The Labute approximate surface area is 139 Å². The van der Waals surface area contributed by atoms with E-state index in [1.165, 1.54) is 13.8 Å². The van der Waals surface area contributed by atoms with E-state index in [1.54, 1.807) is 60.7 Å². The first-order chi connectivity index (χ1) is 11.4. The molecule has 0 atom stereocenters. The standard InChI is InChI=1S/C14H10O3.C4H6O3/c15-13(11-7-3-1-4-8-11)17-14(16)12-9-5-2-6-10-12;1-3(5)7-4(2)6/h1-10H;1-2H3. The molecule has 24 heavy (non-hydrogen) atoms. The van der Waals surface area contributed by atoms with Gasteiger partial charge in [-0.05, 0) is 24.3 Å². The van der Waals surface area contributed by atoms with Crippen LogP contribution in [-0.2, 0) is 19.1 Å². The Morgan fingerprint density at radius 2 is 0.917 bits per heavy atom. The molecule has 2 aromatic rings. The monoisotopic (exact) mass is 328 g/mol. The fourth-order valence-corrected chi connectivity index (χ4v) is 1.55. The van der Waals surface area contributed by atoms with Crippen LogP contribution in [0.25, 0.3) is 0 Å². The fourth-order valence-electron chi connectivity index (χ4n) is 1.55. The quantitative estimate of drug-likeness (QED) is 0.622. The first-order valence-electron chi connectivity index (χ1n) is 6.95. The van der Waals surface area contributed by atoms with Gasteiger partial charge in [-0.3, -0.25) is 9.59 Å². The van der Waals surface area contributed by atoms with Crippen molar-refractivity contribution in [2.45, 2.75) is 13.8 Å². The number of ether oxygens (including phenoxy) is 2. The third-order valence-corrected chi connectivity index (χ3v) is 2.49. The second-order valence-corrected chi connectivity index (χ2v) is 4.49. The van der Waals surface area contributed by atoms with Crippen molar-refractivity contribution in [2.75, 3.05) is 0 Å². The molecule has 0 aliphatic rings. The molecule has 0 amide bonds. The van der Waals surface area contributed by atoms with E-state index < -0.39 is 23.9 Å². The van der Waals surface area contributed by atoms with Gasteiger partial charge in [-0.1, -0.05) is 36.4 Å². The van der Waals surface area contributed by atoms with Crippen LogP contribution in [0.5, 0.6) is 0 Å². The fraction of sp³-hybridized carbons (Fsp3) is 0.111. The number of esters is 4. The average Bonchev–Trinajstić information content (AvgIpc) is 2.55. The Morgan fingerprint density at radius 3 is 1.17 bits per heavy atom. The highest BCUT2D eigenvalue weighted by atomic mass is 16.6. The maximum atomic E-state index is 11.6. The number of benzene rings is 2. The molecule has 0 unspecified atom stereocenters. The van der Waals surface area contributed by atoms with Crippen molar-refractivity contribution in [3.8, 4) is 0 Å². The van der Waals surface area contributed by atoms with Crippen LogP contribution in [0.4, 0.5) is 0 Å². The summed E-state index contributed by atoms with van der Waals surface area (Å²) in [5, 5.41) is 0. The normalized spacial score (nSPS) is 9.08. The molecule has 0 spiro atoms. The lowest BCUT2D eigenvalue weighted by atomic mass is 10.2. The smallest absolute Gasteiger partial charge is 0.346 e. The highest BCUT2D eigenvalue weighted by Crippen LogP contribution is 2.06. The molecular weight excluding hydrogens is 312 g/mol. The molecule has 0 saturated carbocycles. The Morgan fingerprint density at radius 1 is 0.583 bits per heavy atom. The van der Waals surface area contributed by atoms with Crippen LogP contribution in [0.2, 0.25) is 0 Å². The maximum absolute atomic E-state index is 11.6. The number of carbonyl (C=O) groups is 4. The van der Waals surface area contributed by atoms with Crippen LogP contribution in [-0.4, -0.2) is 23.9 Å². The molecule has 6 heteroatoms. The summed E-state index contributed by atoms with van der Waals surface area (Å²) < 4.78 is 8.72. The summed E-state index contributed by atoms with van der Waals surface area (Å²) in [6.07, 6.45) is 0. The zero-order valence-corrected chi connectivity index (χ0v) is 13.2. The molecule has 0 aromatic heterocycles. The highest BCUT2D eigenvalue weighted by molar-refractivity contribution is 6.02. The van der Waals surface area contributed by atoms with Gasteiger partial charge in [0.15, 0.2) is 0 Å². The topological polar surface area (TPSA) is 86.7 Å². The summed E-state index contributed by atoms with van der Waals surface area (Å²) in [6.45, 7) is 2.36. The predicted molar refractivity (Wildman–Crippen MR) is 85.1 cm³/mol. The van der Waals surface area contributed by atoms with Crippen molar-refractivity contribution in [1.82, 2.24) is 0 Å². The summed E-state index contributed by atoms with van der Waals surface area (Å²) in [5.74, 6) is -2.40. The molecule has 0 fully saturated rings. The van der Waals surface area contributed by atoms with Gasteiger partial charge in [0.2, 0.25) is 0 Å². The number of carbonyl (C=O) groups excluding carboxylic acids is 4. The minimum Gasteiger partial charge on any atom is -0.394 e. The van der Waals surface area contributed by atoms with E-state index in [1.807, 2.05) is 0 Å². The first kappa shape index (κ1) is 18.8. The van der Waals surface area contributed by atoms with Gasteiger partial charge in [-0.2, -0.15) is 0 Å². The van der Waals surface area contributed by atoms with Crippen LogP contribution < -0.4 is 0 Å². The summed E-state index contributed by atoms with van der Waals surface area (Å²) in [6, 6.07) is 16.8. The first-order valence-corrected chi connectivity index (χ1v) is 6.95. The molecule has 0 saturated heterocycles. The van der Waals surface area contributed by atoms with E-state index in [2.05, 4.69) is 4.74 Å². The van der Waals surface area contributed by atoms with Crippen molar-refractivity contribution in [2.24, 2.45) is 0 Å². The Bertz CT molecular complexity index is 645.